The Morgan fingerprint density at radius 1 is 1.11 bits per heavy atom. The average molecular weight is 520 g/mol. The predicted molar refractivity (Wildman–Crippen MR) is 144 cm³/mol. The zero-order valence-electron chi connectivity index (χ0n) is 20.8. The van der Waals surface area contributed by atoms with Crippen LogP contribution >= 0.6 is 11.3 Å². The summed E-state index contributed by atoms with van der Waals surface area (Å²) in [6.07, 6.45) is 5.80. The van der Waals surface area contributed by atoms with Crippen LogP contribution in [0.4, 0.5) is 9.93 Å². The zero-order chi connectivity index (χ0) is 26.5. The zero-order valence-corrected chi connectivity index (χ0v) is 21.6. The van der Waals surface area contributed by atoms with E-state index in [1.165, 1.54) is 11.3 Å². The fourth-order valence-electron chi connectivity index (χ4n) is 4.06. The van der Waals surface area contributed by atoms with Crippen LogP contribution < -0.4 is 16.4 Å². The van der Waals surface area contributed by atoms with Gasteiger partial charge in [-0.1, -0.05) is 31.3 Å². The Hall–Kier alpha value is -3.96. The quantitative estimate of drug-likeness (QED) is 0.252. The number of rotatable bonds is 9. The maximum absolute atomic E-state index is 12.0. The molecule has 3 aromatic heterocycles. The number of fused-ring (bicyclic) bond motifs is 1. The third-order valence-corrected chi connectivity index (χ3v) is 7.08. The number of nitrogens with one attached hydrogen (secondary N) is 2. The van der Waals surface area contributed by atoms with Gasteiger partial charge in [0, 0.05) is 42.2 Å². The van der Waals surface area contributed by atoms with Crippen LogP contribution in [0.2, 0.25) is 0 Å². The second-order valence-corrected chi connectivity index (χ2v) is 9.90. The first-order chi connectivity index (χ1) is 17.8. The second-order valence-electron chi connectivity index (χ2n) is 8.90. The lowest BCUT2D eigenvalue weighted by molar-refractivity contribution is -0.139. The standard InChI is InChI=1S/C26H29N7O3S/c1-4-28-25(36)33-26-32-20-11-16(10-18(22(20)37-26)19-7-5-6-8-29-19)17-12-30-23(31-13-17)15(3)9-14(2)21(27)24(34)35/h5-8,10-15,21H,4,9,27H2,1-3H3,(H,34,35)(H2,28,32,33,36)/t14?,15-,21+/m0/s1. The van der Waals surface area contributed by atoms with Crippen LogP contribution in [0.5, 0.6) is 0 Å². The molecular formula is C26H29N7O3S. The number of amides is 2. The van der Waals surface area contributed by atoms with Crippen LogP contribution in [-0.4, -0.2) is 49.6 Å². The van der Waals surface area contributed by atoms with Crippen molar-refractivity contribution in [1.29, 1.82) is 0 Å². The molecule has 11 heteroatoms. The van der Waals surface area contributed by atoms with Gasteiger partial charge < -0.3 is 16.2 Å². The Balaban J connectivity index is 1.66. The first-order valence-electron chi connectivity index (χ1n) is 12.0. The van der Waals surface area contributed by atoms with E-state index in [9.17, 15) is 9.59 Å². The highest BCUT2D eigenvalue weighted by molar-refractivity contribution is 7.22. The summed E-state index contributed by atoms with van der Waals surface area (Å²) in [6.45, 7) is 6.15. The van der Waals surface area contributed by atoms with E-state index in [1.54, 1.807) is 18.6 Å². The number of aromatic nitrogens is 4. The molecule has 0 aliphatic heterocycles. The molecule has 5 N–H and O–H groups in total. The molecule has 10 nitrogen and oxygen atoms in total. The van der Waals surface area contributed by atoms with Crippen LogP contribution in [0.25, 0.3) is 32.6 Å². The fourth-order valence-corrected chi connectivity index (χ4v) is 5.03. The minimum atomic E-state index is -1.01. The van der Waals surface area contributed by atoms with Crippen molar-refractivity contribution in [2.75, 3.05) is 11.9 Å². The minimum Gasteiger partial charge on any atom is -0.480 e. The summed E-state index contributed by atoms with van der Waals surface area (Å²) in [5.41, 5.74) is 9.83. The molecule has 1 aromatic carbocycles. The van der Waals surface area contributed by atoms with E-state index in [2.05, 4.69) is 30.6 Å². The van der Waals surface area contributed by atoms with Crippen molar-refractivity contribution in [1.82, 2.24) is 25.3 Å². The number of pyridine rings is 1. The third kappa shape index (κ3) is 6.07. The van der Waals surface area contributed by atoms with Gasteiger partial charge in [-0.05, 0) is 49.1 Å². The summed E-state index contributed by atoms with van der Waals surface area (Å²) in [5, 5.41) is 15.1. The molecule has 0 saturated heterocycles. The molecule has 0 fully saturated rings. The number of urea groups is 1. The molecule has 3 heterocycles. The Morgan fingerprint density at radius 3 is 2.51 bits per heavy atom. The lowest BCUT2D eigenvalue weighted by Crippen LogP contribution is -2.37. The average Bonchev–Trinajstić information content (AvgIpc) is 3.30. The lowest BCUT2D eigenvalue weighted by atomic mass is 9.91. The highest BCUT2D eigenvalue weighted by atomic mass is 32.1. The molecule has 0 saturated carbocycles. The molecule has 3 atom stereocenters. The minimum absolute atomic E-state index is 0.0533. The van der Waals surface area contributed by atoms with Gasteiger partial charge in [0.15, 0.2) is 5.13 Å². The number of benzene rings is 1. The number of carboxylic acid groups (broad SMARTS) is 1. The van der Waals surface area contributed by atoms with Crippen LogP contribution in [0.3, 0.4) is 0 Å². The predicted octanol–water partition coefficient (Wildman–Crippen LogP) is 4.50. The van der Waals surface area contributed by atoms with Crippen molar-refractivity contribution in [2.24, 2.45) is 11.7 Å². The van der Waals surface area contributed by atoms with E-state index >= 15 is 0 Å². The van der Waals surface area contributed by atoms with Crippen molar-refractivity contribution >= 4 is 38.7 Å². The summed E-state index contributed by atoms with van der Waals surface area (Å²) in [4.78, 5) is 41.5. The number of hydrogen-bond donors (Lipinski definition) is 4. The normalized spacial score (nSPS) is 13.6. The van der Waals surface area contributed by atoms with Crippen LogP contribution in [0, 0.1) is 5.92 Å². The van der Waals surface area contributed by atoms with Gasteiger partial charge in [0.05, 0.1) is 15.9 Å². The van der Waals surface area contributed by atoms with Gasteiger partial charge in [-0.25, -0.2) is 19.7 Å². The third-order valence-electron chi connectivity index (χ3n) is 6.06. The summed E-state index contributed by atoms with van der Waals surface area (Å²) in [5.74, 6) is -0.656. The molecule has 0 radical (unpaired) electrons. The number of hydrogen-bond acceptors (Lipinski definition) is 8. The number of carbonyl (C=O) groups is 2. The van der Waals surface area contributed by atoms with E-state index in [1.807, 2.05) is 51.1 Å². The molecule has 0 aliphatic rings. The van der Waals surface area contributed by atoms with Gasteiger partial charge in [0.1, 0.15) is 11.9 Å². The van der Waals surface area contributed by atoms with Crippen molar-refractivity contribution in [2.45, 2.75) is 39.2 Å². The van der Waals surface area contributed by atoms with Gasteiger partial charge in [-0.3, -0.25) is 15.1 Å². The topological polar surface area (TPSA) is 156 Å². The highest BCUT2D eigenvalue weighted by Gasteiger charge is 2.23. The smallest absolute Gasteiger partial charge is 0.321 e. The van der Waals surface area contributed by atoms with Crippen molar-refractivity contribution in [3.05, 3.63) is 54.7 Å². The molecule has 192 valence electrons. The maximum atomic E-state index is 12.0. The molecular weight excluding hydrogens is 490 g/mol. The van der Waals surface area contributed by atoms with Gasteiger partial charge in [0.25, 0.3) is 0 Å². The van der Waals surface area contributed by atoms with Crippen LogP contribution in [-0.2, 0) is 4.79 Å². The van der Waals surface area contributed by atoms with Crippen molar-refractivity contribution < 1.29 is 14.7 Å². The number of nitrogens with two attached hydrogens (primary N) is 1. The number of aliphatic carboxylic acids is 1. The molecule has 4 rings (SSSR count). The Bertz CT molecular complexity index is 1390. The number of anilines is 1. The monoisotopic (exact) mass is 519 g/mol. The largest absolute Gasteiger partial charge is 0.480 e. The lowest BCUT2D eigenvalue weighted by Gasteiger charge is -2.19. The first-order valence-corrected chi connectivity index (χ1v) is 12.8. The Labute approximate surface area is 218 Å². The van der Waals surface area contributed by atoms with E-state index in [0.717, 1.165) is 32.6 Å². The number of carbonyl (C=O) groups excluding carboxylic acids is 1. The van der Waals surface area contributed by atoms with Gasteiger partial charge in [0.2, 0.25) is 0 Å². The van der Waals surface area contributed by atoms with Gasteiger partial charge in [-0.2, -0.15) is 0 Å². The Morgan fingerprint density at radius 2 is 1.86 bits per heavy atom. The van der Waals surface area contributed by atoms with Gasteiger partial charge >= 0.3 is 12.0 Å². The van der Waals surface area contributed by atoms with Crippen LogP contribution in [0.1, 0.15) is 38.9 Å². The molecule has 0 bridgehead atoms. The summed E-state index contributed by atoms with van der Waals surface area (Å²) < 4.78 is 0.907. The van der Waals surface area contributed by atoms with Gasteiger partial charge in [-0.15, -0.1) is 0 Å². The van der Waals surface area contributed by atoms with Crippen molar-refractivity contribution in [3.63, 3.8) is 0 Å². The fraction of sp³-hybridized carbons (Fsp3) is 0.308. The SMILES string of the molecule is CCNC(=O)Nc1nc2cc(-c3cnc([C@@H](C)CC(C)[C@@H](N)C(=O)O)nc3)cc(-c3ccccn3)c2s1. The number of thiazole rings is 1. The first kappa shape index (κ1) is 26.1. The number of carboxylic acids is 1. The van der Waals surface area contributed by atoms with E-state index in [-0.39, 0.29) is 17.9 Å². The molecule has 1 unspecified atom stereocenters. The highest BCUT2D eigenvalue weighted by Crippen LogP contribution is 2.38. The number of nitrogens with zero attached hydrogens (tertiary/aromatic N) is 4. The maximum Gasteiger partial charge on any atom is 0.321 e. The molecule has 37 heavy (non-hydrogen) atoms. The molecule has 2 amide bonds. The summed E-state index contributed by atoms with van der Waals surface area (Å²) in [6, 6.07) is 8.44. The Kier molecular flexibility index (Phi) is 8.04. The molecule has 4 aromatic rings. The molecule has 0 spiro atoms. The van der Waals surface area contributed by atoms with E-state index in [4.69, 9.17) is 10.8 Å². The van der Waals surface area contributed by atoms with E-state index < -0.39 is 12.0 Å². The summed E-state index contributed by atoms with van der Waals surface area (Å²) >= 11 is 1.39. The summed E-state index contributed by atoms with van der Waals surface area (Å²) in [7, 11) is 0. The second kappa shape index (κ2) is 11.4. The van der Waals surface area contributed by atoms with Crippen LogP contribution in [0.15, 0.2) is 48.9 Å². The van der Waals surface area contributed by atoms with E-state index in [0.29, 0.717) is 23.9 Å². The van der Waals surface area contributed by atoms with Crippen molar-refractivity contribution in [3.8, 4) is 22.4 Å². The molecule has 0 aliphatic carbocycles.